The van der Waals surface area contributed by atoms with Crippen molar-refractivity contribution in [3.05, 3.63) is 59.7 Å². The Labute approximate surface area is 158 Å². The van der Waals surface area contributed by atoms with E-state index >= 15 is 0 Å². The first-order valence-corrected chi connectivity index (χ1v) is 10.4. The standard InChI is InChI=1S/C19H20N2O5S/c1-27(24,25)20-16-10-4-3-9-15(16)19(23)26-13-18(22)21-12-6-8-14-7-2-5-11-17(14)21/h2-5,7,9-11,20H,6,8,12-13H2,1H3. The molecule has 0 fully saturated rings. The van der Waals surface area contributed by atoms with Crippen LogP contribution >= 0.6 is 0 Å². The van der Waals surface area contributed by atoms with Crippen molar-refractivity contribution in [1.29, 1.82) is 0 Å². The molecule has 2 aromatic rings. The molecule has 142 valence electrons. The zero-order valence-corrected chi connectivity index (χ0v) is 15.7. The van der Waals surface area contributed by atoms with Gasteiger partial charge in [0.2, 0.25) is 10.0 Å². The Morgan fingerprint density at radius 2 is 1.81 bits per heavy atom. The number of fused-ring (bicyclic) bond motifs is 1. The van der Waals surface area contributed by atoms with Crippen molar-refractivity contribution in [1.82, 2.24) is 0 Å². The van der Waals surface area contributed by atoms with E-state index in [2.05, 4.69) is 4.72 Å². The number of nitrogens with zero attached hydrogens (tertiary/aromatic N) is 1. The molecule has 0 saturated heterocycles. The molecule has 1 amide bonds. The number of amides is 1. The molecule has 8 heteroatoms. The Kier molecular flexibility index (Phi) is 5.46. The molecule has 27 heavy (non-hydrogen) atoms. The second-order valence-corrected chi connectivity index (χ2v) is 8.02. The van der Waals surface area contributed by atoms with Crippen LogP contribution in [0.15, 0.2) is 48.5 Å². The average molecular weight is 388 g/mol. The number of ether oxygens (including phenoxy) is 1. The van der Waals surface area contributed by atoms with Gasteiger partial charge in [-0.15, -0.1) is 0 Å². The number of carbonyl (C=O) groups is 2. The van der Waals surface area contributed by atoms with E-state index in [1.54, 1.807) is 17.0 Å². The van der Waals surface area contributed by atoms with Gasteiger partial charge in [0.05, 0.1) is 17.5 Å². The van der Waals surface area contributed by atoms with Crippen molar-refractivity contribution in [3.8, 4) is 0 Å². The summed E-state index contributed by atoms with van der Waals surface area (Å²) in [7, 11) is -3.55. The summed E-state index contributed by atoms with van der Waals surface area (Å²) in [5.41, 5.74) is 2.09. The number of rotatable bonds is 5. The number of nitrogens with one attached hydrogen (secondary N) is 1. The molecule has 1 aliphatic heterocycles. The summed E-state index contributed by atoms with van der Waals surface area (Å²) in [5.74, 6) is -1.08. The maximum atomic E-state index is 12.5. The van der Waals surface area contributed by atoms with Crippen molar-refractivity contribution in [3.63, 3.8) is 0 Å². The Bertz CT molecular complexity index is 972. The van der Waals surface area contributed by atoms with Gasteiger partial charge in [0.15, 0.2) is 6.61 Å². The van der Waals surface area contributed by atoms with Crippen molar-refractivity contribution in [2.75, 3.05) is 29.0 Å². The zero-order valence-electron chi connectivity index (χ0n) is 14.8. The van der Waals surface area contributed by atoms with E-state index in [-0.39, 0.29) is 17.2 Å². The molecule has 1 aliphatic rings. The lowest BCUT2D eigenvalue weighted by molar-refractivity contribution is -0.121. The van der Waals surface area contributed by atoms with Crippen LogP contribution in [-0.4, -0.2) is 39.7 Å². The molecule has 3 rings (SSSR count). The molecular formula is C19H20N2O5S. The van der Waals surface area contributed by atoms with Crippen LogP contribution in [0.4, 0.5) is 11.4 Å². The molecule has 0 saturated carbocycles. The maximum absolute atomic E-state index is 12.5. The molecular weight excluding hydrogens is 368 g/mol. The van der Waals surface area contributed by atoms with E-state index in [4.69, 9.17) is 4.74 Å². The lowest BCUT2D eigenvalue weighted by Gasteiger charge is -2.29. The number of benzene rings is 2. The van der Waals surface area contributed by atoms with Crippen molar-refractivity contribution in [2.24, 2.45) is 0 Å². The van der Waals surface area contributed by atoms with Crippen LogP contribution in [0.1, 0.15) is 22.3 Å². The first kappa shape index (κ1) is 18.9. The summed E-state index contributed by atoms with van der Waals surface area (Å²) in [4.78, 5) is 26.5. The van der Waals surface area contributed by atoms with Gasteiger partial charge in [-0.1, -0.05) is 30.3 Å². The fourth-order valence-corrected chi connectivity index (χ4v) is 3.60. The van der Waals surface area contributed by atoms with Crippen LogP contribution in [-0.2, 0) is 26.0 Å². The third-order valence-electron chi connectivity index (χ3n) is 4.18. The Morgan fingerprint density at radius 1 is 1.11 bits per heavy atom. The number of hydrogen-bond acceptors (Lipinski definition) is 5. The first-order chi connectivity index (χ1) is 12.8. The van der Waals surface area contributed by atoms with E-state index < -0.39 is 22.6 Å². The van der Waals surface area contributed by atoms with Crippen LogP contribution in [0.3, 0.4) is 0 Å². The predicted molar refractivity (Wildman–Crippen MR) is 102 cm³/mol. The average Bonchev–Trinajstić information content (AvgIpc) is 2.64. The number of aryl methyl sites for hydroxylation is 1. The summed E-state index contributed by atoms with van der Waals surface area (Å²) in [6, 6.07) is 13.7. The molecule has 0 aliphatic carbocycles. The van der Waals surface area contributed by atoms with Gasteiger partial charge >= 0.3 is 5.97 Å². The smallest absolute Gasteiger partial charge is 0.340 e. The topological polar surface area (TPSA) is 92.8 Å². The fraction of sp³-hybridized carbons (Fsp3) is 0.263. The minimum atomic E-state index is -3.55. The second-order valence-electron chi connectivity index (χ2n) is 6.27. The second kappa shape index (κ2) is 7.79. The third-order valence-corrected chi connectivity index (χ3v) is 4.77. The Balaban J connectivity index is 1.69. The minimum absolute atomic E-state index is 0.0507. The summed E-state index contributed by atoms with van der Waals surface area (Å²) < 4.78 is 30.3. The normalized spacial score (nSPS) is 13.6. The highest BCUT2D eigenvalue weighted by Crippen LogP contribution is 2.26. The first-order valence-electron chi connectivity index (χ1n) is 8.47. The van der Waals surface area contributed by atoms with Crippen LogP contribution in [0.25, 0.3) is 0 Å². The molecule has 0 unspecified atom stereocenters. The Hall–Kier alpha value is -2.87. The van der Waals surface area contributed by atoms with Crippen LogP contribution in [0, 0.1) is 0 Å². The number of carbonyl (C=O) groups excluding carboxylic acids is 2. The van der Waals surface area contributed by atoms with Gasteiger partial charge in [0.25, 0.3) is 5.91 Å². The number of hydrogen-bond donors (Lipinski definition) is 1. The number of esters is 1. The lowest BCUT2D eigenvalue weighted by Crippen LogP contribution is -2.38. The predicted octanol–water partition coefficient (Wildman–Crippen LogP) is 2.19. The van der Waals surface area contributed by atoms with E-state index in [0.29, 0.717) is 6.54 Å². The van der Waals surface area contributed by atoms with Gasteiger partial charge in [0, 0.05) is 12.2 Å². The summed E-state index contributed by atoms with van der Waals surface area (Å²) in [5, 5.41) is 0. The summed E-state index contributed by atoms with van der Waals surface area (Å²) >= 11 is 0. The number of para-hydroxylation sites is 2. The highest BCUT2D eigenvalue weighted by atomic mass is 32.2. The van der Waals surface area contributed by atoms with Gasteiger partial charge in [-0.25, -0.2) is 13.2 Å². The van der Waals surface area contributed by atoms with E-state index in [1.807, 2.05) is 24.3 Å². The fourth-order valence-electron chi connectivity index (χ4n) is 3.03. The van der Waals surface area contributed by atoms with E-state index in [1.165, 1.54) is 12.1 Å². The molecule has 0 atom stereocenters. The highest BCUT2D eigenvalue weighted by Gasteiger charge is 2.24. The van der Waals surface area contributed by atoms with Crippen LogP contribution in [0.2, 0.25) is 0 Å². The SMILES string of the molecule is CS(=O)(=O)Nc1ccccc1C(=O)OCC(=O)N1CCCc2ccccc21. The lowest BCUT2D eigenvalue weighted by atomic mass is 10.0. The molecule has 2 aromatic carbocycles. The van der Waals surface area contributed by atoms with Crippen LogP contribution in [0.5, 0.6) is 0 Å². The maximum Gasteiger partial charge on any atom is 0.340 e. The molecule has 1 N–H and O–H groups in total. The zero-order chi connectivity index (χ0) is 19.4. The van der Waals surface area contributed by atoms with Crippen molar-refractivity contribution < 1.29 is 22.7 Å². The summed E-state index contributed by atoms with van der Waals surface area (Å²) in [6.45, 7) is 0.153. The largest absolute Gasteiger partial charge is 0.452 e. The van der Waals surface area contributed by atoms with Crippen molar-refractivity contribution in [2.45, 2.75) is 12.8 Å². The van der Waals surface area contributed by atoms with Gasteiger partial charge in [-0.3, -0.25) is 9.52 Å². The van der Waals surface area contributed by atoms with Crippen LogP contribution < -0.4 is 9.62 Å². The molecule has 0 spiro atoms. The van der Waals surface area contributed by atoms with Gasteiger partial charge < -0.3 is 9.64 Å². The molecule has 0 aromatic heterocycles. The van der Waals surface area contributed by atoms with Gasteiger partial charge in [-0.05, 0) is 36.6 Å². The third kappa shape index (κ3) is 4.65. The number of sulfonamides is 1. The van der Waals surface area contributed by atoms with Gasteiger partial charge in [0.1, 0.15) is 0 Å². The minimum Gasteiger partial charge on any atom is -0.452 e. The quantitative estimate of drug-likeness (QED) is 0.793. The highest BCUT2D eigenvalue weighted by molar-refractivity contribution is 7.92. The molecule has 0 radical (unpaired) electrons. The van der Waals surface area contributed by atoms with E-state index in [9.17, 15) is 18.0 Å². The Morgan fingerprint density at radius 3 is 2.59 bits per heavy atom. The summed E-state index contributed by atoms with van der Waals surface area (Å²) in [6.07, 6.45) is 2.74. The van der Waals surface area contributed by atoms with Gasteiger partial charge in [-0.2, -0.15) is 0 Å². The number of anilines is 2. The van der Waals surface area contributed by atoms with E-state index in [0.717, 1.165) is 30.3 Å². The molecule has 0 bridgehead atoms. The van der Waals surface area contributed by atoms with Crippen molar-refractivity contribution >= 4 is 33.3 Å². The monoisotopic (exact) mass is 388 g/mol. The molecule has 7 nitrogen and oxygen atoms in total. The molecule has 1 heterocycles.